The topological polar surface area (TPSA) is 20.3 Å². The highest BCUT2D eigenvalue weighted by molar-refractivity contribution is 7.12. The molecule has 1 aromatic rings. The van der Waals surface area contributed by atoms with E-state index in [1.165, 1.54) is 37.0 Å². The van der Waals surface area contributed by atoms with Gasteiger partial charge < -0.3 is 4.90 Å². The summed E-state index contributed by atoms with van der Waals surface area (Å²) in [6.45, 7) is 3.17. The van der Waals surface area contributed by atoms with Crippen LogP contribution < -0.4 is 0 Å². The molecule has 4 heteroatoms. The smallest absolute Gasteiger partial charge is 0.175 e. The first-order valence-corrected chi connectivity index (χ1v) is 7.51. The zero-order valence-corrected chi connectivity index (χ0v) is 11.5. The highest BCUT2D eigenvalue weighted by Gasteiger charge is 2.14. The molecule has 2 nitrogen and oxygen atoms in total. The second kappa shape index (κ2) is 6.53. The molecule has 0 unspecified atom stereocenters. The number of rotatable bonds is 4. The Hall–Kier alpha value is -0.380. The van der Waals surface area contributed by atoms with Crippen molar-refractivity contribution in [2.24, 2.45) is 0 Å². The molecule has 1 aliphatic rings. The minimum Gasteiger partial charge on any atom is -0.303 e. The molecular weight excluding hydrogens is 254 g/mol. The number of hydrogen-bond donors (Lipinski definition) is 0. The SMILES string of the molecule is O=C(CCN1CCCCCC1)c1sccc1Cl. The Kier molecular flexibility index (Phi) is 5.01. The summed E-state index contributed by atoms with van der Waals surface area (Å²) in [6.07, 6.45) is 5.81. The maximum Gasteiger partial charge on any atom is 0.175 e. The van der Waals surface area contributed by atoms with Gasteiger partial charge in [0.05, 0.1) is 9.90 Å². The van der Waals surface area contributed by atoms with Crippen LogP contribution in [0.2, 0.25) is 5.02 Å². The molecule has 2 rings (SSSR count). The molecule has 0 N–H and O–H groups in total. The van der Waals surface area contributed by atoms with E-state index in [9.17, 15) is 4.79 Å². The lowest BCUT2D eigenvalue weighted by molar-refractivity contribution is 0.0969. The fourth-order valence-corrected chi connectivity index (χ4v) is 3.36. The number of Topliss-reactive ketones (excluding diaryl/α,β-unsaturated/α-hetero) is 1. The van der Waals surface area contributed by atoms with E-state index in [-0.39, 0.29) is 5.78 Å². The molecule has 17 heavy (non-hydrogen) atoms. The van der Waals surface area contributed by atoms with Crippen molar-refractivity contribution in [1.29, 1.82) is 0 Å². The third-order valence-electron chi connectivity index (χ3n) is 3.22. The molecule has 2 heterocycles. The van der Waals surface area contributed by atoms with Gasteiger partial charge in [0.2, 0.25) is 0 Å². The van der Waals surface area contributed by atoms with Crippen molar-refractivity contribution in [1.82, 2.24) is 4.90 Å². The van der Waals surface area contributed by atoms with Crippen LogP contribution in [0.5, 0.6) is 0 Å². The van der Waals surface area contributed by atoms with Crippen LogP contribution in [0, 0.1) is 0 Å². The number of nitrogens with zero attached hydrogens (tertiary/aromatic N) is 1. The Morgan fingerprint density at radius 1 is 1.29 bits per heavy atom. The predicted molar refractivity (Wildman–Crippen MR) is 73.2 cm³/mol. The lowest BCUT2D eigenvalue weighted by atomic mass is 10.2. The summed E-state index contributed by atoms with van der Waals surface area (Å²) < 4.78 is 0. The van der Waals surface area contributed by atoms with E-state index >= 15 is 0 Å². The molecule has 0 saturated carbocycles. The van der Waals surface area contributed by atoms with Crippen molar-refractivity contribution < 1.29 is 4.79 Å². The van der Waals surface area contributed by atoms with Gasteiger partial charge in [-0.2, -0.15) is 0 Å². The van der Waals surface area contributed by atoms with Gasteiger partial charge in [0.1, 0.15) is 0 Å². The average molecular weight is 272 g/mol. The number of likely N-dealkylation sites (tertiary alicyclic amines) is 1. The zero-order chi connectivity index (χ0) is 12.1. The van der Waals surface area contributed by atoms with E-state index in [0.717, 1.165) is 24.5 Å². The Morgan fingerprint density at radius 3 is 2.59 bits per heavy atom. The summed E-state index contributed by atoms with van der Waals surface area (Å²) in [5, 5.41) is 2.48. The maximum atomic E-state index is 12.0. The number of hydrogen-bond acceptors (Lipinski definition) is 3. The van der Waals surface area contributed by atoms with Gasteiger partial charge in [-0.05, 0) is 37.4 Å². The second-order valence-electron chi connectivity index (χ2n) is 4.53. The maximum absolute atomic E-state index is 12.0. The molecule has 0 bridgehead atoms. The van der Waals surface area contributed by atoms with Crippen LogP contribution in [-0.4, -0.2) is 30.3 Å². The van der Waals surface area contributed by atoms with Gasteiger partial charge in [0.15, 0.2) is 5.78 Å². The lowest BCUT2D eigenvalue weighted by Crippen LogP contribution is -2.27. The van der Waals surface area contributed by atoms with E-state index in [2.05, 4.69) is 4.90 Å². The minimum absolute atomic E-state index is 0.189. The number of carbonyl (C=O) groups is 1. The Morgan fingerprint density at radius 2 is 2.00 bits per heavy atom. The molecule has 0 radical (unpaired) electrons. The molecule has 0 aliphatic carbocycles. The third kappa shape index (κ3) is 3.80. The molecule has 0 aromatic carbocycles. The fourth-order valence-electron chi connectivity index (χ4n) is 2.23. The quantitative estimate of drug-likeness (QED) is 0.776. The van der Waals surface area contributed by atoms with Crippen LogP contribution in [-0.2, 0) is 0 Å². The van der Waals surface area contributed by atoms with Crippen LogP contribution in [0.4, 0.5) is 0 Å². The zero-order valence-electron chi connectivity index (χ0n) is 9.95. The highest BCUT2D eigenvalue weighted by atomic mass is 35.5. The van der Waals surface area contributed by atoms with Gasteiger partial charge in [-0.1, -0.05) is 24.4 Å². The lowest BCUT2D eigenvalue weighted by Gasteiger charge is -2.18. The van der Waals surface area contributed by atoms with Gasteiger partial charge in [0.25, 0.3) is 0 Å². The van der Waals surface area contributed by atoms with Crippen molar-refractivity contribution in [3.63, 3.8) is 0 Å². The standard InChI is InChI=1S/C13H18ClNOS/c14-11-6-10-17-13(11)12(16)5-9-15-7-3-1-2-4-8-15/h6,10H,1-5,7-9H2. The number of halogens is 1. The van der Waals surface area contributed by atoms with Gasteiger partial charge in [-0.3, -0.25) is 4.79 Å². The van der Waals surface area contributed by atoms with Crippen LogP contribution >= 0.6 is 22.9 Å². The molecule has 1 saturated heterocycles. The average Bonchev–Trinajstić information content (AvgIpc) is 2.61. The Bertz CT molecular complexity index is 369. The van der Waals surface area contributed by atoms with Crippen molar-refractivity contribution in [3.8, 4) is 0 Å². The second-order valence-corrected chi connectivity index (χ2v) is 5.85. The number of carbonyl (C=O) groups excluding carboxylic acids is 1. The molecule has 0 atom stereocenters. The van der Waals surface area contributed by atoms with Crippen LogP contribution in [0.15, 0.2) is 11.4 Å². The first-order chi connectivity index (χ1) is 8.27. The van der Waals surface area contributed by atoms with Crippen LogP contribution in [0.1, 0.15) is 41.8 Å². The van der Waals surface area contributed by atoms with Gasteiger partial charge >= 0.3 is 0 Å². The fraction of sp³-hybridized carbons (Fsp3) is 0.615. The number of ketones is 1. The summed E-state index contributed by atoms with van der Waals surface area (Å²) in [6, 6.07) is 1.80. The largest absolute Gasteiger partial charge is 0.303 e. The van der Waals surface area contributed by atoms with Crippen molar-refractivity contribution in [2.75, 3.05) is 19.6 Å². The van der Waals surface area contributed by atoms with E-state index in [4.69, 9.17) is 11.6 Å². The number of thiophene rings is 1. The van der Waals surface area contributed by atoms with E-state index < -0.39 is 0 Å². The summed E-state index contributed by atoms with van der Waals surface area (Å²) in [5.41, 5.74) is 0. The first-order valence-electron chi connectivity index (χ1n) is 6.26. The Balaban J connectivity index is 1.81. The molecule has 0 spiro atoms. The summed E-state index contributed by atoms with van der Waals surface area (Å²) >= 11 is 7.41. The molecule has 94 valence electrons. The molecule has 1 aliphatic heterocycles. The van der Waals surface area contributed by atoms with Crippen molar-refractivity contribution >= 4 is 28.7 Å². The highest BCUT2D eigenvalue weighted by Crippen LogP contribution is 2.23. The normalized spacial score (nSPS) is 17.9. The van der Waals surface area contributed by atoms with Crippen molar-refractivity contribution in [2.45, 2.75) is 32.1 Å². The summed E-state index contributed by atoms with van der Waals surface area (Å²) in [4.78, 5) is 15.1. The summed E-state index contributed by atoms with van der Waals surface area (Å²) in [5.74, 6) is 0.189. The molecule has 1 fully saturated rings. The molecule has 1 aromatic heterocycles. The van der Waals surface area contributed by atoms with E-state index in [1.54, 1.807) is 6.07 Å². The van der Waals surface area contributed by atoms with Gasteiger partial charge in [-0.25, -0.2) is 0 Å². The first kappa shape index (κ1) is 13.1. The van der Waals surface area contributed by atoms with Gasteiger partial charge in [-0.15, -0.1) is 11.3 Å². The predicted octanol–water partition coefficient (Wildman–Crippen LogP) is 3.85. The van der Waals surface area contributed by atoms with Crippen LogP contribution in [0.3, 0.4) is 0 Å². The van der Waals surface area contributed by atoms with Gasteiger partial charge in [0, 0.05) is 13.0 Å². The monoisotopic (exact) mass is 271 g/mol. The molecular formula is C13H18ClNOS. The van der Waals surface area contributed by atoms with E-state index in [1.807, 2.05) is 5.38 Å². The van der Waals surface area contributed by atoms with Crippen LogP contribution in [0.25, 0.3) is 0 Å². The minimum atomic E-state index is 0.189. The van der Waals surface area contributed by atoms with Crippen molar-refractivity contribution in [3.05, 3.63) is 21.3 Å². The van der Waals surface area contributed by atoms with E-state index in [0.29, 0.717) is 11.4 Å². The Labute approximate surface area is 112 Å². The summed E-state index contributed by atoms with van der Waals surface area (Å²) in [7, 11) is 0. The third-order valence-corrected chi connectivity index (χ3v) is 4.61. The molecule has 0 amide bonds.